The Morgan fingerprint density at radius 1 is 1.36 bits per heavy atom. The van der Waals surface area contributed by atoms with Gasteiger partial charge in [0.2, 0.25) is 10.0 Å². The Morgan fingerprint density at radius 3 is 2.45 bits per heavy atom. The Balaban J connectivity index is 2.48. The molecule has 1 heterocycles. The number of anilines is 1. The van der Waals surface area contributed by atoms with Gasteiger partial charge in [0.05, 0.1) is 28.7 Å². The second kappa shape index (κ2) is 5.80. The average Bonchev–Trinajstić information content (AvgIpc) is 2.45. The Hall–Kier alpha value is -1.75. The number of nitrogens with zero attached hydrogens (tertiary/aromatic N) is 2. The smallest absolute Gasteiger partial charge is 0.293 e. The number of hydrogen-bond donors (Lipinski definition) is 2. The topological polar surface area (TPSA) is 142 Å². The van der Waals surface area contributed by atoms with Crippen LogP contribution < -0.4 is 15.8 Å². The van der Waals surface area contributed by atoms with Crippen molar-refractivity contribution in [3.05, 3.63) is 28.3 Å². The Labute approximate surface area is 128 Å². The van der Waals surface area contributed by atoms with Crippen LogP contribution in [0.1, 0.15) is 12.8 Å². The first-order chi connectivity index (χ1) is 10.1. The van der Waals surface area contributed by atoms with Crippen LogP contribution in [0.15, 0.2) is 23.1 Å². The van der Waals surface area contributed by atoms with Gasteiger partial charge in [-0.1, -0.05) is 0 Å². The molecule has 0 saturated carbocycles. The van der Waals surface area contributed by atoms with E-state index < -0.39 is 20.6 Å². The van der Waals surface area contributed by atoms with Gasteiger partial charge < -0.3 is 15.4 Å². The highest BCUT2D eigenvalue weighted by atomic mass is 32.2. The van der Waals surface area contributed by atoms with E-state index >= 15 is 0 Å². The average molecular weight is 330 g/mol. The van der Waals surface area contributed by atoms with Crippen molar-refractivity contribution >= 4 is 21.4 Å². The van der Waals surface area contributed by atoms with Crippen LogP contribution in [0.3, 0.4) is 0 Å². The fraction of sp³-hybridized carbons (Fsp3) is 0.500. The van der Waals surface area contributed by atoms with E-state index in [0.29, 0.717) is 26.1 Å². The lowest BCUT2D eigenvalue weighted by Crippen LogP contribution is -2.57. The summed E-state index contributed by atoms with van der Waals surface area (Å²) in [5.74, 6) is 0. The Kier molecular flexibility index (Phi) is 4.38. The normalized spacial score (nSPS) is 18.0. The lowest BCUT2D eigenvalue weighted by molar-refractivity contribution is -0.384. The minimum atomic E-state index is -4.02. The zero-order valence-electron chi connectivity index (χ0n) is 12.1. The Bertz CT molecular complexity index is 685. The van der Waals surface area contributed by atoms with Crippen LogP contribution in [0.5, 0.6) is 0 Å². The number of nitrogens with two attached hydrogens (primary N) is 2. The van der Waals surface area contributed by atoms with Gasteiger partial charge in [0.25, 0.3) is 5.69 Å². The molecule has 0 spiro atoms. The number of primary sulfonamides is 1. The molecule has 0 unspecified atom stereocenters. The minimum absolute atomic E-state index is 0.238. The molecule has 10 heteroatoms. The van der Waals surface area contributed by atoms with Gasteiger partial charge in [0.1, 0.15) is 5.69 Å². The van der Waals surface area contributed by atoms with Crippen molar-refractivity contribution in [3.63, 3.8) is 0 Å². The lowest BCUT2D eigenvalue weighted by Gasteiger charge is -2.42. The predicted molar refractivity (Wildman–Crippen MR) is 79.8 cm³/mol. The highest BCUT2D eigenvalue weighted by molar-refractivity contribution is 7.89. The third kappa shape index (κ3) is 3.19. The summed E-state index contributed by atoms with van der Waals surface area (Å²) in [5, 5.41) is 16.3. The maximum atomic E-state index is 11.4. The molecule has 0 aromatic heterocycles. The lowest BCUT2D eigenvalue weighted by atomic mass is 9.99. The molecule has 9 nitrogen and oxygen atoms in total. The molecule has 0 atom stereocenters. The monoisotopic (exact) mass is 330 g/mol. The number of hydrogen-bond acceptors (Lipinski definition) is 7. The SMILES string of the molecule is CN(c1ccc(S(N)(=O)=O)cc1[N+](=O)[O-])C1(N)CCOCC1. The first-order valence-electron chi connectivity index (χ1n) is 6.57. The van der Waals surface area contributed by atoms with Gasteiger partial charge in [-0.05, 0) is 12.1 Å². The second-order valence-corrected chi connectivity index (χ2v) is 6.79. The summed E-state index contributed by atoms with van der Waals surface area (Å²) < 4.78 is 28.0. The van der Waals surface area contributed by atoms with E-state index in [-0.39, 0.29) is 16.3 Å². The summed E-state index contributed by atoms with van der Waals surface area (Å²) in [6.07, 6.45) is 1.02. The fourth-order valence-electron chi connectivity index (χ4n) is 2.41. The zero-order valence-corrected chi connectivity index (χ0v) is 12.9. The molecule has 0 amide bonds. The number of benzene rings is 1. The highest BCUT2D eigenvalue weighted by Gasteiger charge is 2.35. The van der Waals surface area contributed by atoms with Gasteiger partial charge in [0, 0.05) is 26.0 Å². The third-order valence-corrected chi connectivity index (χ3v) is 4.77. The van der Waals surface area contributed by atoms with E-state index in [9.17, 15) is 18.5 Å². The molecule has 122 valence electrons. The number of sulfonamides is 1. The van der Waals surface area contributed by atoms with Crippen molar-refractivity contribution in [1.82, 2.24) is 0 Å². The molecule has 0 aliphatic carbocycles. The van der Waals surface area contributed by atoms with Crippen LogP contribution in [-0.4, -0.2) is 39.3 Å². The zero-order chi connectivity index (χ0) is 16.5. The van der Waals surface area contributed by atoms with E-state index in [1.807, 2.05) is 0 Å². The van der Waals surface area contributed by atoms with Crippen molar-refractivity contribution in [2.45, 2.75) is 23.4 Å². The van der Waals surface area contributed by atoms with Gasteiger partial charge in [-0.2, -0.15) is 0 Å². The number of ether oxygens (including phenoxy) is 1. The van der Waals surface area contributed by atoms with Gasteiger partial charge in [-0.15, -0.1) is 0 Å². The molecule has 22 heavy (non-hydrogen) atoms. The summed E-state index contributed by atoms with van der Waals surface area (Å²) in [5.41, 5.74) is 5.40. The van der Waals surface area contributed by atoms with Crippen LogP contribution in [-0.2, 0) is 14.8 Å². The molecule has 1 aromatic carbocycles. The molecule has 0 radical (unpaired) electrons. The molecular weight excluding hydrogens is 312 g/mol. The van der Waals surface area contributed by atoms with Gasteiger partial charge in [-0.3, -0.25) is 10.1 Å². The maximum Gasteiger partial charge on any atom is 0.293 e. The molecule has 1 aromatic rings. The van der Waals surface area contributed by atoms with Crippen molar-refractivity contribution in [2.75, 3.05) is 25.2 Å². The van der Waals surface area contributed by atoms with E-state index in [1.165, 1.54) is 12.1 Å². The summed E-state index contributed by atoms with van der Waals surface area (Å²) in [6, 6.07) is 3.53. The van der Waals surface area contributed by atoms with E-state index in [4.69, 9.17) is 15.6 Å². The van der Waals surface area contributed by atoms with E-state index in [0.717, 1.165) is 6.07 Å². The fourth-order valence-corrected chi connectivity index (χ4v) is 2.94. The second-order valence-electron chi connectivity index (χ2n) is 5.23. The summed E-state index contributed by atoms with van der Waals surface area (Å²) in [7, 11) is -2.37. The Morgan fingerprint density at radius 2 is 1.95 bits per heavy atom. The van der Waals surface area contributed by atoms with Gasteiger partial charge in [0.15, 0.2) is 0 Å². The van der Waals surface area contributed by atoms with Crippen molar-refractivity contribution < 1.29 is 18.1 Å². The van der Waals surface area contributed by atoms with Gasteiger partial charge in [-0.25, -0.2) is 13.6 Å². The molecule has 2 rings (SSSR count). The summed E-state index contributed by atoms with van der Waals surface area (Å²) in [4.78, 5) is 11.9. The van der Waals surface area contributed by atoms with Crippen LogP contribution in [0.25, 0.3) is 0 Å². The standard InChI is InChI=1S/C12H18N4O5S/c1-15(12(13)4-6-21-7-5-12)10-3-2-9(22(14,19)20)8-11(10)16(17)18/h2-3,8H,4-7,13H2,1H3,(H2,14,19,20). The quantitative estimate of drug-likeness (QED) is 0.454. The van der Waals surface area contributed by atoms with Crippen LogP contribution >= 0.6 is 0 Å². The largest absolute Gasteiger partial charge is 0.381 e. The third-order valence-electron chi connectivity index (χ3n) is 3.86. The van der Waals surface area contributed by atoms with Crippen LogP contribution in [0.2, 0.25) is 0 Å². The molecule has 0 bridgehead atoms. The first-order valence-corrected chi connectivity index (χ1v) is 8.11. The van der Waals surface area contributed by atoms with Crippen LogP contribution in [0.4, 0.5) is 11.4 Å². The predicted octanol–water partition coefficient (Wildman–Crippen LogP) is 0.144. The first kappa shape index (κ1) is 16.6. The van der Waals surface area contributed by atoms with Crippen molar-refractivity contribution in [3.8, 4) is 0 Å². The van der Waals surface area contributed by atoms with E-state index in [1.54, 1.807) is 11.9 Å². The van der Waals surface area contributed by atoms with Crippen LogP contribution in [0, 0.1) is 10.1 Å². The highest BCUT2D eigenvalue weighted by Crippen LogP contribution is 2.35. The van der Waals surface area contributed by atoms with Crippen molar-refractivity contribution in [1.29, 1.82) is 0 Å². The number of rotatable bonds is 4. The van der Waals surface area contributed by atoms with Gasteiger partial charge >= 0.3 is 0 Å². The molecule has 1 fully saturated rings. The molecular formula is C12H18N4O5S. The molecule has 1 aliphatic heterocycles. The van der Waals surface area contributed by atoms with E-state index in [2.05, 4.69) is 0 Å². The summed E-state index contributed by atoms with van der Waals surface area (Å²) >= 11 is 0. The molecule has 1 aliphatic rings. The van der Waals surface area contributed by atoms with Crippen molar-refractivity contribution in [2.24, 2.45) is 10.9 Å². The maximum absolute atomic E-state index is 11.4. The number of nitro benzene ring substituents is 1. The minimum Gasteiger partial charge on any atom is -0.381 e. The number of nitro groups is 1. The summed E-state index contributed by atoms with van der Waals surface area (Å²) in [6.45, 7) is 0.924. The molecule has 4 N–H and O–H groups in total. The molecule has 1 saturated heterocycles.